The van der Waals surface area contributed by atoms with Crippen molar-refractivity contribution in [3.63, 3.8) is 0 Å². The third kappa shape index (κ3) is 4.76. The molecule has 29 heavy (non-hydrogen) atoms. The number of urea groups is 1. The SMILES string of the molecule is CCc1cccc(NC(=O)N2CCN(c3ccnc(N4CCOCC4)n3)CC2)c1. The molecule has 0 radical (unpaired) electrons. The van der Waals surface area contributed by atoms with Crippen LogP contribution >= 0.6 is 0 Å². The lowest BCUT2D eigenvalue weighted by molar-refractivity contribution is 0.122. The maximum absolute atomic E-state index is 12.6. The van der Waals surface area contributed by atoms with Crippen molar-refractivity contribution in [1.82, 2.24) is 14.9 Å². The predicted octanol–water partition coefficient (Wildman–Crippen LogP) is 2.23. The van der Waals surface area contributed by atoms with E-state index in [2.05, 4.69) is 33.1 Å². The first kappa shape index (κ1) is 19.4. The fourth-order valence-corrected chi connectivity index (χ4v) is 3.64. The zero-order chi connectivity index (χ0) is 20.1. The predicted molar refractivity (Wildman–Crippen MR) is 114 cm³/mol. The van der Waals surface area contributed by atoms with Crippen LogP contribution in [0.25, 0.3) is 0 Å². The van der Waals surface area contributed by atoms with Crippen LogP contribution in [0.2, 0.25) is 0 Å². The second kappa shape index (κ2) is 9.09. The summed E-state index contributed by atoms with van der Waals surface area (Å²) in [6.07, 6.45) is 2.76. The summed E-state index contributed by atoms with van der Waals surface area (Å²) in [5.41, 5.74) is 2.06. The number of carbonyl (C=O) groups excluding carboxylic acids is 1. The van der Waals surface area contributed by atoms with Gasteiger partial charge in [0.15, 0.2) is 0 Å². The van der Waals surface area contributed by atoms with Gasteiger partial charge in [-0.2, -0.15) is 4.98 Å². The molecule has 1 aromatic heterocycles. The van der Waals surface area contributed by atoms with E-state index in [0.29, 0.717) is 26.3 Å². The van der Waals surface area contributed by atoms with E-state index in [9.17, 15) is 4.79 Å². The molecule has 2 aliphatic rings. The van der Waals surface area contributed by atoms with Crippen LogP contribution in [-0.4, -0.2) is 73.4 Å². The number of aromatic nitrogens is 2. The number of benzene rings is 1. The summed E-state index contributed by atoms with van der Waals surface area (Å²) >= 11 is 0. The minimum absolute atomic E-state index is 0.0467. The molecule has 0 unspecified atom stereocenters. The summed E-state index contributed by atoms with van der Waals surface area (Å²) in [6, 6.07) is 9.91. The van der Waals surface area contributed by atoms with Crippen LogP contribution < -0.4 is 15.1 Å². The molecule has 154 valence electrons. The molecule has 4 rings (SSSR count). The van der Waals surface area contributed by atoms with Crippen LogP contribution in [-0.2, 0) is 11.2 Å². The van der Waals surface area contributed by atoms with E-state index < -0.39 is 0 Å². The van der Waals surface area contributed by atoms with Crippen molar-refractivity contribution in [1.29, 1.82) is 0 Å². The molecular weight excluding hydrogens is 368 g/mol. The normalized spacial score (nSPS) is 17.3. The molecule has 2 saturated heterocycles. The lowest BCUT2D eigenvalue weighted by Crippen LogP contribution is -2.50. The Bertz CT molecular complexity index is 831. The second-order valence-corrected chi connectivity index (χ2v) is 7.27. The van der Waals surface area contributed by atoms with E-state index in [1.807, 2.05) is 35.4 Å². The topological polar surface area (TPSA) is 73.8 Å². The van der Waals surface area contributed by atoms with E-state index in [-0.39, 0.29) is 6.03 Å². The van der Waals surface area contributed by atoms with Gasteiger partial charge < -0.3 is 24.8 Å². The van der Waals surface area contributed by atoms with Crippen molar-refractivity contribution in [2.75, 3.05) is 67.6 Å². The van der Waals surface area contributed by atoms with Crippen molar-refractivity contribution >= 4 is 23.5 Å². The van der Waals surface area contributed by atoms with Crippen molar-refractivity contribution < 1.29 is 9.53 Å². The van der Waals surface area contributed by atoms with Gasteiger partial charge in [0.1, 0.15) is 5.82 Å². The van der Waals surface area contributed by atoms with Gasteiger partial charge in [-0.1, -0.05) is 19.1 Å². The maximum atomic E-state index is 12.6. The molecule has 1 N–H and O–H groups in total. The first-order valence-electron chi connectivity index (χ1n) is 10.3. The second-order valence-electron chi connectivity index (χ2n) is 7.27. The highest BCUT2D eigenvalue weighted by molar-refractivity contribution is 5.89. The molecule has 0 spiro atoms. The summed E-state index contributed by atoms with van der Waals surface area (Å²) in [4.78, 5) is 28.0. The van der Waals surface area contributed by atoms with Crippen molar-refractivity contribution in [2.24, 2.45) is 0 Å². The van der Waals surface area contributed by atoms with Gasteiger partial charge in [-0.05, 0) is 30.2 Å². The molecule has 1 aromatic carbocycles. The number of hydrogen-bond donors (Lipinski definition) is 1. The summed E-state index contributed by atoms with van der Waals surface area (Å²) < 4.78 is 5.41. The third-order valence-electron chi connectivity index (χ3n) is 5.40. The van der Waals surface area contributed by atoms with Gasteiger partial charge in [0.2, 0.25) is 5.95 Å². The molecule has 0 aliphatic carbocycles. The quantitative estimate of drug-likeness (QED) is 0.854. The molecule has 0 saturated carbocycles. The Kier molecular flexibility index (Phi) is 6.09. The molecule has 0 atom stereocenters. The van der Waals surface area contributed by atoms with Crippen molar-refractivity contribution in [3.05, 3.63) is 42.1 Å². The molecular formula is C21H28N6O2. The van der Waals surface area contributed by atoms with Gasteiger partial charge in [-0.3, -0.25) is 0 Å². The zero-order valence-corrected chi connectivity index (χ0v) is 16.9. The highest BCUT2D eigenvalue weighted by atomic mass is 16.5. The van der Waals surface area contributed by atoms with Crippen LogP contribution in [0.15, 0.2) is 36.5 Å². The highest BCUT2D eigenvalue weighted by Gasteiger charge is 2.23. The maximum Gasteiger partial charge on any atom is 0.321 e. The van der Waals surface area contributed by atoms with Gasteiger partial charge in [0.25, 0.3) is 0 Å². The fourth-order valence-electron chi connectivity index (χ4n) is 3.64. The Balaban J connectivity index is 1.33. The number of piperazine rings is 1. The average molecular weight is 396 g/mol. The van der Waals surface area contributed by atoms with Crippen LogP contribution in [0.5, 0.6) is 0 Å². The molecule has 3 heterocycles. The summed E-state index contributed by atoms with van der Waals surface area (Å²) in [5, 5.41) is 3.02. The minimum Gasteiger partial charge on any atom is -0.378 e. The van der Waals surface area contributed by atoms with E-state index in [0.717, 1.165) is 50.1 Å². The van der Waals surface area contributed by atoms with E-state index in [4.69, 9.17) is 9.72 Å². The Labute approximate surface area is 171 Å². The number of amides is 2. The Morgan fingerprint density at radius 1 is 1.07 bits per heavy atom. The number of carbonyl (C=O) groups is 1. The molecule has 8 nitrogen and oxygen atoms in total. The van der Waals surface area contributed by atoms with Crippen LogP contribution in [0.1, 0.15) is 12.5 Å². The lowest BCUT2D eigenvalue weighted by atomic mass is 10.1. The van der Waals surface area contributed by atoms with Gasteiger partial charge in [-0.15, -0.1) is 0 Å². The van der Waals surface area contributed by atoms with Crippen molar-refractivity contribution in [2.45, 2.75) is 13.3 Å². The molecule has 2 fully saturated rings. The highest BCUT2D eigenvalue weighted by Crippen LogP contribution is 2.18. The monoisotopic (exact) mass is 396 g/mol. The largest absolute Gasteiger partial charge is 0.378 e. The Morgan fingerprint density at radius 2 is 1.86 bits per heavy atom. The average Bonchev–Trinajstić information content (AvgIpc) is 2.80. The number of anilines is 3. The molecule has 2 aromatic rings. The van der Waals surface area contributed by atoms with Gasteiger partial charge in [0.05, 0.1) is 13.2 Å². The minimum atomic E-state index is -0.0467. The summed E-state index contributed by atoms with van der Waals surface area (Å²) in [5.74, 6) is 1.67. The Morgan fingerprint density at radius 3 is 2.62 bits per heavy atom. The third-order valence-corrected chi connectivity index (χ3v) is 5.40. The number of ether oxygens (including phenoxy) is 1. The van der Waals surface area contributed by atoms with E-state index in [1.54, 1.807) is 0 Å². The number of hydrogen-bond acceptors (Lipinski definition) is 6. The summed E-state index contributed by atoms with van der Waals surface area (Å²) in [6.45, 7) is 7.99. The van der Waals surface area contributed by atoms with E-state index in [1.165, 1.54) is 5.56 Å². The number of morpholine rings is 1. The van der Waals surface area contributed by atoms with Gasteiger partial charge >= 0.3 is 6.03 Å². The molecule has 8 heteroatoms. The van der Waals surface area contributed by atoms with Crippen LogP contribution in [0.4, 0.5) is 22.2 Å². The lowest BCUT2D eigenvalue weighted by Gasteiger charge is -2.35. The zero-order valence-electron chi connectivity index (χ0n) is 16.9. The Hall–Kier alpha value is -2.87. The van der Waals surface area contributed by atoms with E-state index >= 15 is 0 Å². The number of nitrogens with zero attached hydrogens (tertiary/aromatic N) is 5. The van der Waals surface area contributed by atoms with Crippen molar-refractivity contribution in [3.8, 4) is 0 Å². The standard InChI is InChI=1S/C21H28N6O2/c1-2-17-4-3-5-18(16-17)23-21(28)27-10-8-25(9-11-27)19-6-7-22-20(24-19)26-12-14-29-15-13-26/h3-7,16H,2,8-15H2,1H3,(H,23,28). The molecule has 0 bridgehead atoms. The molecule has 2 amide bonds. The molecule has 2 aliphatic heterocycles. The summed E-state index contributed by atoms with van der Waals surface area (Å²) in [7, 11) is 0. The number of rotatable bonds is 4. The first-order chi connectivity index (χ1) is 14.2. The first-order valence-corrected chi connectivity index (χ1v) is 10.3. The smallest absolute Gasteiger partial charge is 0.321 e. The number of nitrogens with one attached hydrogen (secondary N) is 1. The fraction of sp³-hybridized carbons (Fsp3) is 0.476. The van der Waals surface area contributed by atoms with Crippen LogP contribution in [0.3, 0.4) is 0 Å². The number of aryl methyl sites for hydroxylation is 1. The van der Waals surface area contributed by atoms with Gasteiger partial charge in [-0.25, -0.2) is 9.78 Å². The van der Waals surface area contributed by atoms with Gasteiger partial charge in [0, 0.05) is 51.2 Å². The van der Waals surface area contributed by atoms with Crippen LogP contribution in [0, 0.1) is 0 Å².